The van der Waals surface area contributed by atoms with Crippen LogP contribution in [0.2, 0.25) is 0 Å². The normalized spacial score (nSPS) is 14.7. The molecule has 0 aliphatic heterocycles. The van der Waals surface area contributed by atoms with Gasteiger partial charge in [0.25, 0.3) is 0 Å². The van der Waals surface area contributed by atoms with Crippen LogP contribution in [0.15, 0.2) is 70.8 Å². The number of benzene rings is 1. The van der Waals surface area contributed by atoms with Crippen LogP contribution in [0.3, 0.4) is 0 Å². The zero-order valence-electron chi connectivity index (χ0n) is 13.7. The van der Waals surface area contributed by atoms with Crippen LogP contribution in [0.4, 0.5) is 4.79 Å². The molecule has 2 aromatic carbocycles. The molecule has 1 aromatic heterocycles. The molecule has 0 saturated heterocycles. The lowest BCUT2D eigenvalue weighted by molar-refractivity contribution is 0.267. The van der Waals surface area contributed by atoms with Crippen LogP contribution < -0.4 is 10.8 Å². The Labute approximate surface area is 150 Å². The molecule has 3 aromatic rings. The second kappa shape index (κ2) is 7.44. The summed E-state index contributed by atoms with van der Waals surface area (Å²) in [5.41, 5.74) is 1.39. The molecule has 0 atom stereocenters. The van der Waals surface area contributed by atoms with E-state index < -0.39 is 5.24 Å². The number of allylic oxidation sites excluding steroid dienone is 4. The Balaban J connectivity index is 0.000000170. The van der Waals surface area contributed by atoms with Crippen molar-refractivity contribution in [2.24, 2.45) is 4.99 Å². The van der Waals surface area contributed by atoms with Gasteiger partial charge in [-0.3, -0.25) is 14.3 Å². The number of carbonyl (C=O) groups excluding carboxylic acids is 1. The third kappa shape index (κ3) is 4.42. The lowest BCUT2D eigenvalue weighted by Gasteiger charge is -2.13. The second-order valence-corrected chi connectivity index (χ2v) is 6.10. The van der Waals surface area contributed by atoms with Crippen LogP contribution in [0.25, 0.3) is 10.8 Å². The summed E-state index contributed by atoms with van der Waals surface area (Å²) in [7, 11) is 0. The summed E-state index contributed by atoms with van der Waals surface area (Å²) in [5, 5.41) is 6.00. The molecule has 1 amide bonds. The quantitative estimate of drug-likeness (QED) is 0.540. The molecule has 0 fully saturated rings. The van der Waals surface area contributed by atoms with Crippen LogP contribution in [0.5, 0.6) is 0 Å². The smallest absolute Gasteiger partial charge is 0.289 e. The average Bonchev–Trinajstić information content (AvgIpc) is 3.25. The standard InChI is InChI=1S/C11H11N3OS.C8H6O/c15-11(16)13-9-6-7-14(12-8-9)10-4-2-1-3-5-10;1-5-2-3-6-7(4-5)8(6)9/h2-8,10H,1H2,(H,15,16);2-4H,1H3. The molecule has 0 unspecified atom stereocenters. The second-order valence-electron chi connectivity index (χ2n) is 5.72. The van der Waals surface area contributed by atoms with Gasteiger partial charge in [-0.15, -0.1) is 0 Å². The third-order valence-electron chi connectivity index (χ3n) is 3.79. The first-order valence-electron chi connectivity index (χ1n) is 7.85. The van der Waals surface area contributed by atoms with E-state index in [1.165, 1.54) is 5.56 Å². The number of carbonyl (C=O) groups is 1. The van der Waals surface area contributed by atoms with Gasteiger partial charge in [-0.1, -0.05) is 54.6 Å². The Morgan fingerprint density at radius 1 is 1.24 bits per heavy atom. The van der Waals surface area contributed by atoms with E-state index in [1.54, 1.807) is 23.1 Å². The molecule has 1 aliphatic carbocycles. The Bertz CT molecular complexity index is 1020. The fraction of sp³-hybridized carbons (Fsp3) is 0.158. The predicted molar refractivity (Wildman–Crippen MR) is 101 cm³/mol. The van der Waals surface area contributed by atoms with Gasteiger partial charge in [0.15, 0.2) is 5.43 Å². The van der Waals surface area contributed by atoms with Gasteiger partial charge >= 0.3 is 5.24 Å². The van der Waals surface area contributed by atoms with Crippen molar-refractivity contribution in [3.8, 4) is 0 Å². The molecule has 25 heavy (non-hydrogen) atoms. The van der Waals surface area contributed by atoms with Crippen molar-refractivity contribution in [1.29, 1.82) is 0 Å². The van der Waals surface area contributed by atoms with Gasteiger partial charge in [0.05, 0.1) is 17.6 Å². The van der Waals surface area contributed by atoms with Crippen LogP contribution in [-0.4, -0.2) is 15.0 Å². The van der Waals surface area contributed by atoms with E-state index in [-0.39, 0.29) is 11.5 Å². The topological polar surface area (TPSA) is 64.3 Å². The molecule has 0 N–H and O–H groups in total. The molecule has 126 valence electrons. The van der Waals surface area contributed by atoms with Gasteiger partial charge < -0.3 is 0 Å². The highest BCUT2D eigenvalue weighted by Crippen LogP contribution is 2.15. The van der Waals surface area contributed by atoms with Gasteiger partial charge in [0.2, 0.25) is 0 Å². The number of rotatable bonds is 1. The first-order valence-corrected chi connectivity index (χ1v) is 8.30. The molecule has 1 aliphatic rings. The first kappa shape index (κ1) is 17.1. The molecule has 5 nitrogen and oxygen atoms in total. The van der Waals surface area contributed by atoms with Crippen molar-refractivity contribution in [2.45, 2.75) is 19.4 Å². The molecular formula is C19H17N3O2S. The average molecular weight is 351 g/mol. The maximum atomic E-state index is 10.7. The largest absolute Gasteiger partial charge is 0.302 e. The minimum atomic E-state index is -0.517. The Hall–Kier alpha value is -2.73. The highest BCUT2D eigenvalue weighted by atomic mass is 32.1. The van der Waals surface area contributed by atoms with Gasteiger partial charge in [0, 0.05) is 17.0 Å². The fourth-order valence-corrected chi connectivity index (χ4v) is 2.58. The van der Waals surface area contributed by atoms with Crippen molar-refractivity contribution in [1.82, 2.24) is 9.78 Å². The van der Waals surface area contributed by atoms with Gasteiger partial charge in [-0.05, 0) is 25.5 Å². The number of thiol groups is 1. The zero-order valence-corrected chi connectivity index (χ0v) is 14.6. The summed E-state index contributed by atoms with van der Waals surface area (Å²) in [6.45, 7) is 1.99. The lowest BCUT2D eigenvalue weighted by Crippen LogP contribution is -2.14. The Morgan fingerprint density at radius 3 is 2.56 bits per heavy atom. The number of hydrogen-bond acceptors (Lipinski definition) is 3. The maximum absolute atomic E-state index is 10.7. The molecule has 4 rings (SSSR count). The summed E-state index contributed by atoms with van der Waals surface area (Å²) in [5.74, 6) is 0. The van der Waals surface area contributed by atoms with E-state index in [1.807, 2.05) is 25.1 Å². The lowest BCUT2D eigenvalue weighted by atomic mass is 10.1. The van der Waals surface area contributed by atoms with Crippen LogP contribution >= 0.6 is 12.6 Å². The number of amides is 1. The number of hydrogen-bond donors (Lipinski definition) is 1. The summed E-state index contributed by atoms with van der Waals surface area (Å²) in [4.78, 5) is 25.0. The fourth-order valence-electron chi connectivity index (χ4n) is 2.47. The number of fused-ring (bicyclic) bond motifs is 1. The highest BCUT2D eigenvalue weighted by Gasteiger charge is 2.09. The molecule has 0 spiro atoms. The van der Waals surface area contributed by atoms with E-state index >= 15 is 0 Å². The Kier molecular flexibility index (Phi) is 5.09. The molecule has 6 heteroatoms. The van der Waals surface area contributed by atoms with E-state index in [2.05, 4.69) is 47.0 Å². The van der Waals surface area contributed by atoms with Crippen LogP contribution in [0.1, 0.15) is 18.0 Å². The van der Waals surface area contributed by atoms with Crippen molar-refractivity contribution in [2.75, 3.05) is 0 Å². The van der Waals surface area contributed by atoms with Crippen LogP contribution in [-0.2, 0) is 0 Å². The highest BCUT2D eigenvalue weighted by molar-refractivity contribution is 7.96. The van der Waals surface area contributed by atoms with E-state index in [0.717, 1.165) is 17.2 Å². The van der Waals surface area contributed by atoms with Crippen molar-refractivity contribution < 1.29 is 4.79 Å². The van der Waals surface area contributed by atoms with Crippen molar-refractivity contribution >= 4 is 28.6 Å². The van der Waals surface area contributed by atoms with E-state index in [4.69, 9.17) is 0 Å². The molecule has 0 radical (unpaired) electrons. The third-order valence-corrected chi connectivity index (χ3v) is 3.89. The summed E-state index contributed by atoms with van der Waals surface area (Å²) in [6.07, 6.45) is 12.6. The van der Waals surface area contributed by atoms with Crippen LogP contribution in [0, 0.1) is 6.92 Å². The van der Waals surface area contributed by atoms with Gasteiger partial charge in [-0.2, -0.15) is 5.10 Å². The molecule has 0 bridgehead atoms. The predicted octanol–water partition coefficient (Wildman–Crippen LogP) is 3.27. The monoisotopic (exact) mass is 351 g/mol. The minimum absolute atomic E-state index is 0.148. The number of nitrogens with zero attached hydrogens (tertiary/aromatic N) is 3. The summed E-state index contributed by atoms with van der Waals surface area (Å²) in [6, 6.07) is 7.65. The SMILES string of the molecule is Cc1ccc2c(=O)c2c1.O=C(S)N=c1ccn(C2C=CCC=C2)nc1. The first-order chi connectivity index (χ1) is 12.0. The zero-order chi connectivity index (χ0) is 17.8. The summed E-state index contributed by atoms with van der Waals surface area (Å²) >= 11 is 3.57. The van der Waals surface area contributed by atoms with Gasteiger partial charge in [0.1, 0.15) is 0 Å². The van der Waals surface area contributed by atoms with E-state index in [9.17, 15) is 9.59 Å². The minimum Gasteiger partial charge on any atom is -0.289 e. The van der Waals surface area contributed by atoms with Crippen molar-refractivity contribution in [3.05, 3.63) is 82.1 Å². The Morgan fingerprint density at radius 2 is 2.00 bits per heavy atom. The van der Waals surface area contributed by atoms with Gasteiger partial charge in [-0.25, -0.2) is 4.99 Å². The molecule has 1 heterocycles. The number of aryl methyl sites for hydroxylation is 1. The summed E-state index contributed by atoms with van der Waals surface area (Å²) < 4.78 is 1.80. The van der Waals surface area contributed by atoms with E-state index in [0.29, 0.717) is 5.36 Å². The molecule has 0 saturated carbocycles. The molecular weight excluding hydrogens is 334 g/mol. The number of aromatic nitrogens is 2. The maximum Gasteiger partial charge on any atom is 0.302 e. The van der Waals surface area contributed by atoms with Crippen molar-refractivity contribution in [3.63, 3.8) is 0 Å².